The third-order valence-electron chi connectivity index (χ3n) is 7.31. The van der Waals surface area contributed by atoms with Gasteiger partial charge in [0.25, 0.3) is 0 Å². The molecule has 0 aliphatic carbocycles. The van der Waals surface area contributed by atoms with Gasteiger partial charge in [0, 0.05) is 34.7 Å². The van der Waals surface area contributed by atoms with Crippen LogP contribution >= 0.6 is 11.8 Å². The number of carbonyl (C=O) groups excluding carboxylic acids is 2. The van der Waals surface area contributed by atoms with E-state index in [4.69, 9.17) is 14.2 Å². The molecule has 9 heteroatoms. The Morgan fingerprint density at radius 2 is 1.52 bits per heavy atom. The smallest absolute Gasteiger partial charge is 0.328 e. The molecular formula is C35H36N2O6S. The van der Waals surface area contributed by atoms with Crippen molar-refractivity contribution >= 4 is 29.4 Å². The normalized spacial score (nSPS) is 18.6. The van der Waals surface area contributed by atoms with Crippen LogP contribution in [0.4, 0.5) is 10.5 Å². The number of nitrogens with one attached hydrogen (secondary N) is 2. The van der Waals surface area contributed by atoms with Crippen molar-refractivity contribution in [3.8, 4) is 0 Å². The molecule has 8 nitrogen and oxygen atoms in total. The predicted molar refractivity (Wildman–Crippen MR) is 170 cm³/mol. The standard InChI is InChI=1S/C35H36N2O6S/c1-41-33(39)31(20-24-8-4-2-5-9-24)37-35(40)36-28-18-16-27(17-19-28)34-42-29(23-44-30-10-6-3-7-11-30)21-32(43-34)26-14-12-25(22-38)13-15-26/h2-19,29,31-32,34,38H,20-23H2,1H3,(H2,36,37,40). The lowest BCUT2D eigenvalue weighted by atomic mass is 10.0. The molecule has 228 valence electrons. The van der Waals surface area contributed by atoms with Crippen molar-refractivity contribution in [3.63, 3.8) is 0 Å². The van der Waals surface area contributed by atoms with E-state index in [1.165, 1.54) is 12.0 Å². The highest BCUT2D eigenvalue weighted by molar-refractivity contribution is 7.99. The van der Waals surface area contributed by atoms with Gasteiger partial charge in [0.15, 0.2) is 6.29 Å². The highest BCUT2D eigenvalue weighted by Crippen LogP contribution is 2.39. The predicted octanol–water partition coefficient (Wildman–Crippen LogP) is 6.42. The number of urea groups is 1. The number of anilines is 1. The first-order valence-corrected chi connectivity index (χ1v) is 15.5. The minimum atomic E-state index is -0.834. The fourth-order valence-electron chi connectivity index (χ4n) is 4.96. The van der Waals surface area contributed by atoms with Crippen LogP contribution in [-0.4, -0.2) is 42.1 Å². The molecule has 0 radical (unpaired) electrons. The lowest BCUT2D eigenvalue weighted by Crippen LogP contribution is -2.45. The van der Waals surface area contributed by atoms with E-state index < -0.39 is 24.3 Å². The van der Waals surface area contributed by atoms with Crippen LogP contribution < -0.4 is 10.6 Å². The molecular weight excluding hydrogens is 576 g/mol. The monoisotopic (exact) mass is 612 g/mol. The maximum absolute atomic E-state index is 12.8. The van der Waals surface area contributed by atoms with Crippen molar-refractivity contribution in [2.45, 2.75) is 48.9 Å². The van der Waals surface area contributed by atoms with Crippen molar-refractivity contribution < 1.29 is 28.9 Å². The molecule has 1 aliphatic rings. The van der Waals surface area contributed by atoms with Gasteiger partial charge in [-0.1, -0.05) is 84.9 Å². The fraction of sp³-hybridized carbons (Fsp3) is 0.257. The molecule has 1 saturated heterocycles. The number of ether oxygens (including phenoxy) is 3. The second-order valence-corrected chi connectivity index (χ2v) is 11.6. The van der Waals surface area contributed by atoms with Crippen LogP contribution in [0.1, 0.15) is 41.1 Å². The second-order valence-electron chi connectivity index (χ2n) is 10.5. The van der Waals surface area contributed by atoms with Crippen LogP contribution in [0, 0.1) is 0 Å². The summed E-state index contributed by atoms with van der Waals surface area (Å²) in [6.45, 7) is -0.0113. The highest BCUT2D eigenvalue weighted by Gasteiger charge is 2.32. The lowest BCUT2D eigenvalue weighted by molar-refractivity contribution is -0.245. The summed E-state index contributed by atoms with van der Waals surface area (Å²) < 4.78 is 17.8. The molecule has 0 aromatic heterocycles. The largest absolute Gasteiger partial charge is 0.467 e. The van der Waals surface area contributed by atoms with Crippen molar-refractivity contribution in [2.24, 2.45) is 0 Å². The number of aliphatic hydroxyl groups is 1. The molecule has 5 rings (SSSR count). The summed E-state index contributed by atoms with van der Waals surface area (Å²) in [7, 11) is 1.30. The summed E-state index contributed by atoms with van der Waals surface area (Å²) in [6.07, 6.45) is 0.143. The third kappa shape index (κ3) is 8.70. The van der Waals surface area contributed by atoms with E-state index in [-0.39, 0.29) is 18.8 Å². The highest BCUT2D eigenvalue weighted by atomic mass is 32.2. The van der Waals surface area contributed by atoms with Gasteiger partial charge in [-0.15, -0.1) is 11.8 Å². The van der Waals surface area contributed by atoms with Crippen molar-refractivity contribution in [1.29, 1.82) is 0 Å². The number of carbonyl (C=O) groups is 2. The fourth-order valence-corrected chi connectivity index (χ4v) is 5.91. The topological polar surface area (TPSA) is 106 Å². The molecule has 4 aromatic carbocycles. The number of hydrogen-bond acceptors (Lipinski definition) is 7. The molecule has 4 aromatic rings. The minimum absolute atomic E-state index is 0.0113. The van der Waals surface area contributed by atoms with E-state index in [1.54, 1.807) is 23.9 Å². The van der Waals surface area contributed by atoms with Gasteiger partial charge >= 0.3 is 12.0 Å². The molecule has 0 bridgehead atoms. The molecule has 4 unspecified atom stereocenters. The number of aliphatic hydroxyl groups excluding tert-OH is 1. The van der Waals surface area contributed by atoms with E-state index in [9.17, 15) is 14.7 Å². The average molecular weight is 613 g/mol. The molecule has 4 atom stereocenters. The van der Waals surface area contributed by atoms with Gasteiger partial charge in [-0.2, -0.15) is 0 Å². The number of hydrogen-bond donors (Lipinski definition) is 3. The lowest BCUT2D eigenvalue weighted by Gasteiger charge is -2.36. The zero-order valence-electron chi connectivity index (χ0n) is 24.4. The first kappa shape index (κ1) is 31.3. The summed E-state index contributed by atoms with van der Waals surface area (Å²) >= 11 is 1.74. The number of benzene rings is 4. The Kier molecular flexibility index (Phi) is 11.0. The Bertz CT molecular complexity index is 1490. The Hall–Kier alpha value is -4.15. The molecule has 44 heavy (non-hydrogen) atoms. The molecule has 1 heterocycles. The van der Waals surface area contributed by atoms with E-state index in [2.05, 4.69) is 22.8 Å². The SMILES string of the molecule is COC(=O)C(Cc1ccccc1)NC(=O)Nc1ccc(C2OC(CSc3ccccc3)CC(c3ccc(CO)cc3)O2)cc1. The van der Waals surface area contributed by atoms with Crippen LogP contribution in [-0.2, 0) is 32.0 Å². The first-order chi connectivity index (χ1) is 21.5. The summed E-state index contributed by atoms with van der Waals surface area (Å²) in [4.78, 5) is 26.3. The average Bonchev–Trinajstić information content (AvgIpc) is 3.08. The van der Waals surface area contributed by atoms with Crippen molar-refractivity contribution in [3.05, 3.63) is 131 Å². The van der Waals surface area contributed by atoms with Crippen LogP contribution in [0.25, 0.3) is 0 Å². The molecule has 0 spiro atoms. The van der Waals surface area contributed by atoms with Crippen molar-refractivity contribution in [1.82, 2.24) is 5.32 Å². The first-order valence-electron chi connectivity index (χ1n) is 14.5. The van der Waals surface area contributed by atoms with Gasteiger partial charge in [-0.05, 0) is 41.0 Å². The molecule has 1 fully saturated rings. The third-order valence-corrected chi connectivity index (χ3v) is 8.45. The second kappa shape index (κ2) is 15.5. The maximum atomic E-state index is 12.8. The van der Waals surface area contributed by atoms with E-state index >= 15 is 0 Å². The minimum Gasteiger partial charge on any atom is -0.467 e. The summed E-state index contributed by atoms with van der Waals surface area (Å²) in [5.74, 6) is 0.241. The Morgan fingerprint density at radius 3 is 2.18 bits per heavy atom. The van der Waals surface area contributed by atoms with Crippen LogP contribution in [0.15, 0.2) is 114 Å². The van der Waals surface area contributed by atoms with Crippen LogP contribution in [0.3, 0.4) is 0 Å². The number of esters is 1. The Labute approximate surface area is 261 Å². The van der Waals surface area contributed by atoms with Gasteiger partial charge in [-0.25, -0.2) is 9.59 Å². The number of methoxy groups -OCH3 is 1. The summed E-state index contributed by atoms with van der Waals surface area (Å²) in [5, 5.41) is 15.0. The Morgan fingerprint density at radius 1 is 0.864 bits per heavy atom. The van der Waals surface area contributed by atoms with E-state index in [0.29, 0.717) is 18.5 Å². The van der Waals surface area contributed by atoms with Crippen LogP contribution in [0.5, 0.6) is 0 Å². The van der Waals surface area contributed by atoms with Crippen molar-refractivity contribution in [2.75, 3.05) is 18.2 Å². The Balaban J connectivity index is 1.25. The van der Waals surface area contributed by atoms with E-state index in [0.717, 1.165) is 28.0 Å². The molecule has 3 N–H and O–H groups in total. The van der Waals surface area contributed by atoms with Gasteiger partial charge in [0.05, 0.1) is 25.9 Å². The number of thioether (sulfide) groups is 1. The maximum Gasteiger partial charge on any atom is 0.328 e. The summed E-state index contributed by atoms with van der Waals surface area (Å²) in [5.41, 5.74) is 4.15. The van der Waals surface area contributed by atoms with Gasteiger partial charge < -0.3 is 30.0 Å². The molecule has 2 amide bonds. The van der Waals surface area contributed by atoms with Gasteiger partial charge in [-0.3, -0.25) is 0 Å². The van der Waals surface area contributed by atoms with E-state index in [1.807, 2.05) is 84.9 Å². The zero-order valence-corrected chi connectivity index (χ0v) is 25.2. The number of amides is 2. The van der Waals surface area contributed by atoms with Crippen LogP contribution in [0.2, 0.25) is 0 Å². The van der Waals surface area contributed by atoms with Gasteiger partial charge in [0.1, 0.15) is 6.04 Å². The van der Waals surface area contributed by atoms with Gasteiger partial charge in [0.2, 0.25) is 0 Å². The number of rotatable bonds is 11. The molecule has 1 aliphatic heterocycles. The molecule has 0 saturated carbocycles. The zero-order chi connectivity index (χ0) is 30.7. The summed E-state index contributed by atoms with van der Waals surface area (Å²) in [6, 6.07) is 33.4. The quantitative estimate of drug-likeness (QED) is 0.133.